The van der Waals surface area contributed by atoms with Crippen molar-refractivity contribution in [1.29, 1.82) is 0 Å². The van der Waals surface area contributed by atoms with Gasteiger partial charge in [-0.15, -0.1) is 5.06 Å². The van der Waals surface area contributed by atoms with Gasteiger partial charge in [-0.25, -0.2) is 0 Å². The molecule has 0 bridgehead atoms. The average Bonchev–Trinajstić information content (AvgIpc) is 1.61. The van der Waals surface area contributed by atoms with Crippen molar-refractivity contribution in [3.8, 4) is 0 Å². The summed E-state index contributed by atoms with van der Waals surface area (Å²) < 4.78 is 0. The molecule has 0 saturated carbocycles. The Bertz CT molecular complexity index is 60.7. The van der Waals surface area contributed by atoms with Crippen LogP contribution in [0, 0.1) is 0 Å². The second kappa shape index (κ2) is 3.61. The molecule has 0 aliphatic carbocycles. The van der Waals surface area contributed by atoms with Gasteiger partial charge in [0.1, 0.15) is 0 Å². The molecule has 0 radical (unpaired) electrons. The van der Waals surface area contributed by atoms with Gasteiger partial charge in [-0.1, -0.05) is 0 Å². The molecule has 0 heterocycles. The highest BCUT2D eigenvalue weighted by molar-refractivity contribution is 5.45. The van der Waals surface area contributed by atoms with Crippen LogP contribution in [0.4, 0.5) is 0 Å². The van der Waals surface area contributed by atoms with Gasteiger partial charge in [0.25, 0.3) is 0 Å². The van der Waals surface area contributed by atoms with Crippen molar-refractivity contribution in [2.24, 2.45) is 4.99 Å². The Morgan fingerprint density at radius 1 is 1.57 bits per heavy atom. The Kier molecular flexibility index (Phi) is 3.32. The number of hydrogen-bond donors (Lipinski definition) is 0. The van der Waals surface area contributed by atoms with Gasteiger partial charge in [0, 0.05) is 21.1 Å². The molecule has 0 spiro atoms. The number of aliphatic imine (C=N–C) groups is 1. The Labute approximate surface area is 43.6 Å². The summed E-state index contributed by atoms with van der Waals surface area (Å²) in [6.45, 7) is 0. The van der Waals surface area contributed by atoms with Gasteiger partial charge >= 0.3 is 0 Å². The Hall–Kier alpha value is -0.570. The lowest BCUT2D eigenvalue weighted by Gasteiger charge is -2.03. The van der Waals surface area contributed by atoms with E-state index in [2.05, 4.69) is 4.99 Å². The molecule has 0 unspecified atom stereocenters. The van der Waals surface area contributed by atoms with Crippen LogP contribution >= 0.6 is 0 Å². The molecule has 0 fully saturated rings. The minimum absolute atomic E-state index is 1.38. The first-order chi connectivity index (χ1) is 3.27. The third-order valence-electron chi connectivity index (χ3n) is 0.363. The summed E-state index contributed by atoms with van der Waals surface area (Å²) >= 11 is 0. The van der Waals surface area contributed by atoms with E-state index in [1.165, 1.54) is 6.40 Å². The molecule has 3 heteroatoms. The van der Waals surface area contributed by atoms with Crippen molar-refractivity contribution in [3.05, 3.63) is 0 Å². The van der Waals surface area contributed by atoms with Crippen LogP contribution in [-0.4, -0.2) is 32.6 Å². The molecule has 42 valence electrons. The Morgan fingerprint density at radius 2 is 2.14 bits per heavy atom. The predicted octanol–water partition coefficient (Wildman–Crippen LogP) is 0.138. The second-order valence-electron chi connectivity index (χ2n) is 1.28. The lowest BCUT2D eigenvalue weighted by Crippen LogP contribution is -2.10. The van der Waals surface area contributed by atoms with Crippen molar-refractivity contribution in [2.45, 2.75) is 0 Å². The average molecular weight is 102 g/mol. The first kappa shape index (κ1) is 6.43. The summed E-state index contributed by atoms with van der Waals surface area (Å²) in [6, 6.07) is 0. The maximum atomic E-state index is 4.73. The molecule has 0 aromatic heterocycles. The molecule has 0 aromatic rings. The minimum atomic E-state index is 1.38. The fourth-order valence-electron chi connectivity index (χ4n) is 0.141. The van der Waals surface area contributed by atoms with E-state index in [0.29, 0.717) is 0 Å². The molecule has 0 amide bonds. The van der Waals surface area contributed by atoms with Crippen LogP contribution in [0.1, 0.15) is 0 Å². The topological polar surface area (TPSA) is 24.8 Å². The third-order valence-corrected chi connectivity index (χ3v) is 0.363. The molecule has 0 N–H and O–H groups in total. The SMILES string of the molecule is CN=CON(C)C. The smallest absolute Gasteiger partial charge is 0.196 e. The summed E-state index contributed by atoms with van der Waals surface area (Å²) in [7, 11) is 5.24. The quantitative estimate of drug-likeness (QED) is 0.281. The van der Waals surface area contributed by atoms with Crippen LogP contribution in [0.25, 0.3) is 0 Å². The fourth-order valence-corrected chi connectivity index (χ4v) is 0.141. The van der Waals surface area contributed by atoms with Crippen LogP contribution in [0.15, 0.2) is 4.99 Å². The highest BCUT2D eigenvalue weighted by Gasteiger charge is 1.76. The molecule has 0 rings (SSSR count). The zero-order valence-electron chi connectivity index (χ0n) is 4.88. The van der Waals surface area contributed by atoms with Crippen LogP contribution in [0.2, 0.25) is 0 Å². The number of rotatable bonds is 2. The van der Waals surface area contributed by atoms with Gasteiger partial charge in [0.2, 0.25) is 0 Å². The molecular weight excluding hydrogens is 92.1 g/mol. The summed E-state index contributed by atoms with van der Waals surface area (Å²) in [4.78, 5) is 8.32. The van der Waals surface area contributed by atoms with E-state index in [9.17, 15) is 0 Å². The van der Waals surface area contributed by atoms with Gasteiger partial charge < -0.3 is 4.84 Å². The van der Waals surface area contributed by atoms with Crippen molar-refractivity contribution >= 4 is 6.40 Å². The molecule has 0 aliphatic rings. The number of nitrogens with zero attached hydrogens (tertiary/aromatic N) is 2. The molecule has 0 atom stereocenters. The zero-order chi connectivity index (χ0) is 5.70. The van der Waals surface area contributed by atoms with Crippen molar-refractivity contribution in [1.82, 2.24) is 5.06 Å². The Morgan fingerprint density at radius 3 is 2.29 bits per heavy atom. The van der Waals surface area contributed by atoms with E-state index in [1.807, 2.05) is 0 Å². The van der Waals surface area contributed by atoms with Crippen molar-refractivity contribution in [2.75, 3.05) is 21.1 Å². The lowest BCUT2D eigenvalue weighted by atomic mass is 11.2. The van der Waals surface area contributed by atoms with E-state index >= 15 is 0 Å². The lowest BCUT2D eigenvalue weighted by molar-refractivity contribution is -0.0107. The standard InChI is InChI=1S/C4H10N2O/c1-5-4-7-6(2)3/h4H,1-3H3. The molecular formula is C4H10N2O. The molecule has 3 nitrogen and oxygen atoms in total. The van der Waals surface area contributed by atoms with Gasteiger partial charge in [-0.2, -0.15) is 0 Å². The molecule has 0 saturated heterocycles. The van der Waals surface area contributed by atoms with Gasteiger partial charge in [0.05, 0.1) is 0 Å². The molecule has 0 aromatic carbocycles. The van der Waals surface area contributed by atoms with Crippen LogP contribution in [-0.2, 0) is 4.84 Å². The maximum Gasteiger partial charge on any atom is 0.196 e. The largest absolute Gasteiger partial charge is 0.395 e. The van der Waals surface area contributed by atoms with Gasteiger partial charge in [-0.05, 0) is 0 Å². The first-order valence-corrected chi connectivity index (χ1v) is 2.02. The van der Waals surface area contributed by atoms with E-state index in [1.54, 1.807) is 26.2 Å². The van der Waals surface area contributed by atoms with E-state index < -0.39 is 0 Å². The minimum Gasteiger partial charge on any atom is -0.395 e. The third kappa shape index (κ3) is 5.43. The second-order valence-corrected chi connectivity index (χ2v) is 1.28. The van der Waals surface area contributed by atoms with E-state index in [4.69, 9.17) is 4.84 Å². The summed E-state index contributed by atoms with van der Waals surface area (Å²) in [5.74, 6) is 0. The highest BCUT2D eigenvalue weighted by atomic mass is 16.7. The van der Waals surface area contributed by atoms with E-state index in [0.717, 1.165) is 0 Å². The number of hydroxylamine groups is 2. The molecule has 7 heavy (non-hydrogen) atoms. The van der Waals surface area contributed by atoms with Crippen LogP contribution in [0.5, 0.6) is 0 Å². The maximum absolute atomic E-state index is 4.73. The molecule has 0 aliphatic heterocycles. The van der Waals surface area contributed by atoms with E-state index in [-0.39, 0.29) is 0 Å². The predicted molar refractivity (Wildman–Crippen MR) is 29.2 cm³/mol. The Balaban J connectivity index is 2.97. The van der Waals surface area contributed by atoms with Crippen LogP contribution < -0.4 is 0 Å². The first-order valence-electron chi connectivity index (χ1n) is 2.02. The summed E-state index contributed by atoms with van der Waals surface area (Å²) in [5.41, 5.74) is 0. The summed E-state index contributed by atoms with van der Waals surface area (Å²) in [5, 5.41) is 1.56. The highest BCUT2D eigenvalue weighted by Crippen LogP contribution is 1.69. The fraction of sp³-hybridized carbons (Fsp3) is 0.750. The van der Waals surface area contributed by atoms with Gasteiger partial charge in [-0.3, -0.25) is 4.99 Å². The van der Waals surface area contributed by atoms with Crippen molar-refractivity contribution < 1.29 is 4.84 Å². The monoisotopic (exact) mass is 102 g/mol. The van der Waals surface area contributed by atoms with Crippen molar-refractivity contribution in [3.63, 3.8) is 0 Å². The number of hydrogen-bond acceptors (Lipinski definition) is 3. The zero-order valence-corrected chi connectivity index (χ0v) is 4.88. The van der Waals surface area contributed by atoms with Crippen LogP contribution in [0.3, 0.4) is 0 Å². The van der Waals surface area contributed by atoms with Gasteiger partial charge in [0.15, 0.2) is 6.40 Å². The normalized spacial score (nSPS) is 10.9. The summed E-state index contributed by atoms with van der Waals surface area (Å²) in [6.07, 6.45) is 1.38.